The monoisotopic (exact) mass is 516 g/mol. The number of unbranched alkanes of at least 4 members (excludes halogenated alkanes) is 8. The van der Waals surface area contributed by atoms with E-state index in [-0.39, 0.29) is 11.9 Å². The minimum Gasteiger partial charge on any atom is -0.465 e. The van der Waals surface area contributed by atoms with Crippen molar-refractivity contribution in [3.05, 3.63) is 34.9 Å². The molecule has 0 fully saturated rings. The molecule has 4 nitrogen and oxygen atoms in total. The lowest BCUT2D eigenvalue weighted by Crippen LogP contribution is -2.35. The summed E-state index contributed by atoms with van der Waals surface area (Å²) in [5.41, 5.74) is 4.04. The summed E-state index contributed by atoms with van der Waals surface area (Å²) in [6, 6.07) is 0. The van der Waals surface area contributed by atoms with E-state index in [1.54, 1.807) is 0 Å². The van der Waals surface area contributed by atoms with Crippen LogP contribution in [0, 0.1) is 11.8 Å². The van der Waals surface area contributed by atoms with Gasteiger partial charge in [0.05, 0.1) is 25.0 Å². The van der Waals surface area contributed by atoms with Crippen molar-refractivity contribution in [2.24, 2.45) is 11.8 Å². The first kappa shape index (κ1) is 33.2. The third-order valence-electron chi connectivity index (χ3n) is 7.27. The van der Waals surface area contributed by atoms with Gasteiger partial charge in [-0.1, -0.05) is 100 Å². The normalized spacial score (nSPS) is 17.8. The number of carbonyl (C=O) groups is 2. The van der Waals surface area contributed by atoms with Crippen LogP contribution in [0.15, 0.2) is 34.9 Å². The lowest BCUT2D eigenvalue weighted by molar-refractivity contribution is -0.161. The van der Waals surface area contributed by atoms with Crippen molar-refractivity contribution in [1.29, 1.82) is 0 Å². The molecule has 0 heterocycles. The quantitative estimate of drug-likeness (QED) is 0.0918. The molecule has 0 radical (unpaired) electrons. The maximum Gasteiger partial charge on any atom is 0.310 e. The van der Waals surface area contributed by atoms with E-state index >= 15 is 0 Å². The van der Waals surface area contributed by atoms with Gasteiger partial charge < -0.3 is 9.47 Å². The molecule has 212 valence electrons. The molecular formula is C33H56O4. The topological polar surface area (TPSA) is 52.6 Å². The van der Waals surface area contributed by atoms with Crippen LogP contribution >= 0.6 is 0 Å². The van der Waals surface area contributed by atoms with Crippen LogP contribution in [0.4, 0.5) is 0 Å². The second-order valence-electron chi connectivity index (χ2n) is 11.1. The molecule has 1 rings (SSSR count). The van der Waals surface area contributed by atoms with E-state index in [1.807, 2.05) is 0 Å². The molecule has 0 aromatic carbocycles. The predicted molar refractivity (Wildman–Crippen MR) is 155 cm³/mol. The van der Waals surface area contributed by atoms with E-state index in [1.165, 1.54) is 55.2 Å². The van der Waals surface area contributed by atoms with E-state index in [2.05, 4.69) is 52.8 Å². The highest BCUT2D eigenvalue weighted by atomic mass is 16.5. The van der Waals surface area contributed by atoms with E-state index in [0.29, 0.717) is 26.1 Å². The molecule has 0 aromatic heterocycles. The van der Waals surface area contributed by atoms with Crippen LogP contribution < -0.4 is 0 Å². The Hall–Kier alpha value is -1.84. The molecule has 37 heavy (non-hydrogen) atoms. The first-order chi connectivity index (χ1) is 17.9. The summed E-state index contributed by atoms with van der Waals surface area (Å²) in [6.07, 6.45) is 23.2. The average molecular weight is 517 g/mol. The van der Waals surface area contributed by atoms with Crippen LogP contribution in [0.5, 0.6) is 0 Å². The predicted octanol–water partition coefficient (Wildman–Crippen LogP) is 9.44. The SMILES string of the molecule is CCCCCCCOC(=O)C1CC=C(CC/C=C(\C)CCC=C(C)C)CC1C(=O)OCCCCCCC. The third kappa shape index (κ3) is 15.9. The number of allylic oxidation sites excluding steroid dienone is 6. The Balaban J connectivity index is 2.66. The van der Waals surface area contributed by atoms with Gasteiger partial charge in [0.25, 0.3) is 0 Å². The lowest BCUT2D eigenvalue weighted by Gasteiger charge is -2.28. The summed E-state index contributed by atoms with van der Waals surface area (Å²) in [4.78, 5) is 26.0. The van der Waals surface area contributed by atoms with Crippen LogP contribution in [0.2, 0.25) is 0 Å². The average Bonchev–Trinajstić information content (AvgIpc) is 2.87. The van der Waals surface area contributed by atoms with Gasteiger partial charge in [0.15, 0.2) is 0 Å². The van der Waals surface area contributed by atoms with Crippen molar-refractivity contribution in [2.75, 3.05) is 13.2 Å². The molecule has 0 saturated carbocycles. The minimum absolute atomic E-state index is 0.223. The Kier molecular flexibility index (Phi) is 19.0. The molecule has 0 aromatic rings. The molecule has 2 atom stereocenters. The smallest absolute Gasteiger partial charge is 0.310 e. The number of rotatable bonds is 20. The number of hydrogen-bond acceptors (Lipinski definition) is 4. The highest BCUT2D eigenvalue weighted by molar-refractivity contribution is 5.83. The van der Waals surface area contributed by atoms with Gasteiger partial charge in [0.2, 0.25) is 0 Å². The van der Waals surface area contributed by atoms with Gasteiger partial charge >= 0.3 is 11.9 Å². The molecule has 1 aliphatic rings. The van der Waals surface area contributed by atoms with Crippen molar-refractivity contribution in [3.8, 4) is 0 Å². The zero-order valence-electron chi connectivity index (χ0n) is 24.7. The first-order valence-corrected chi connectivity index (χ1v) is 15.2. The van der Waals surface area contributed by atoms with Crippen molar-refractivity contribution < 1.29 is 19.1 Å². The van der Waals surface area contributed by atoms with Gasteiger partial charge in [-0.2, -0.15) is 0 Å². The van der Waals surface area contributed by atoms with Crippen LogP contribution in [-0.2, 0) is 19.1 Å². The van der Waals surface area contributed by atoms with E-state index in [9.17, 15) is 9.59 Å². The standard InChI is InChI=1S/C33H56O4/c1-6-8-10-12-14-24-36-32(34)30-23-22-29(21-17-20-28(5)19-16-18-27(3)4)26-31(30)33(35)37-25-15-13-11-9-7-2/h18,20,22,30-31H,6-17,19,21,23-26H2,1-5H3/b28-20+. The molecule has 1 aliphatic carbocycles. The number of ether oxygens (including phenoxy) is 2. The maximum atomic E-state index is 13.1. The first-order valence-electron chi connectivity index (χ1n) is 15.2. The van der Waals surface area contributed by atoms with E-state index in [0.717, 1.165) is 51.4 Å². The van der Waals surface area contributed by atoms with Crippen LogP contribution in [0.3, 0.4) is 0 Å². The molecule has 0 spiro atoms. The summed E-state index contributed by atoms with van der Waals surface area (Å²) in [5, 5.41) is 0. The summed E-state index contributed by atoms with van der Waals surface area (Å²) in [7, 11) is 0. The van der Waals surface area contributed by atoms with E-state index in [4.69, 9.17) is 9.47 Å². The molecule has 0 N–H and O–H groups in total. The van der Waals surface area contributed by atoms with Crippen molar-refractivity contribution in [3.63, 3.8) is 0 Å². The fourth-order valence-corrected chi connectivity index (χ4v) is 4.84. The van der Waals surface area contributed by atoms with Gasteiger partial charge in [0.1, 0.15) is 0 Å². The number of hydrogen-bond donors (Lipinski definition) is 0. The summed E-state index contributed by atoms with van der Waals surface area (Å²) in [6.45, 7) is 11.8. The highest BCUT2D eigenvalue weighted by Crippen LogP contribution is 2.34. The van der Waals surface area contributed by atoms with Gasteiger partial charge in [0, 0.05) is 0 Å². The second-order valence-corrected chi connectivity index (χ2v) is 11.1. The van der Waals surface area contributed by atoms with Crippen molar-refractivity contribution >= 4 is 11.9 Å². The molecular weight excluding hydrogens is 460 g/mol. The number of carbonyl (C=O) groups excluding carboxylic acids is 2. The van der Waals surface area contributed by atoms with Gasteiger partial charge in [-0.25, -0.2) is 0 Å². The number of esters is 2. The molecule has 2 unspecified atom stereocenters. The largest absolute Gasteiger partial charge is 0.465 e. The maximum absolute atomic E-state index is 13.1. The molecule has 4 heteroatoms. The third-order valence-corrected chi connectivity index (χ3v) is 7.27. The Bertz CT molecular complexity index is 727. The van der Waals surface area contributed by atoms with Crippen LogP contribution in [0.25, 0.3) is 0 Å². The molecule has 0 bridgehead atoms. The Morgan fingerprint density at radius 3 is 1.92 bits per heavy atom. The van der Waals surface area contributed by atoms with Crippen LogP contribution in [0.1, 0.15) is 137 Å². The zero-order valence-corrected chi connectivity index (χ0v) is 24.7. The Morgan fingerprint density at radius 2 is 1.35 bits per heavy atom. The molecule has 0 aliphatic heterocycles. The Morgan fingerprint density at radius 1 is 0.784 bits per heavy atom. The fraction of sp³-hybridized carbons (Fsp3) is 0.758. The summed E-state index contributed by atoms with van der Waals surface area (Å²) in [5.74, 6) is -1.30. The summed E-state index contributed by atoms with van der Waals surface area (Å²) >= 11 is 0. The Labute approximate surface area is 228 Å². The van der Waals surface area contributed by atoms with Gasteiger partial charge in [-0.05, 0) is 72.1 Å². The summed E-state index contributed by atoms with van der Waals surface area (Å²) < 4.78 is 11.3. The van der Waals surface area contributed by atoms with Gasteiger partial charge in [-0.3, -0.25) is 9.59 Å². The highest BCUT2D eigenvalue weighted by Gasteiger charge is 2.38. The zero-order chi connectivity index (χ0) is 27.3. The molecule has 0 saturated heterocycles. The molecule has 0 amide bonds. The second kappa shape index (κ2) is 21.1. The van der Waals surface area contributed by atoms with Crippen LogP contribution in [-0.4, -0.2) is 25.2 Å². The van der Waals surface area contributed by atoms with Crippen molar-refractivity contribution in [2.45, 2.75) is 137 Å². The minimum atomic E-state index is -0.425. The van der Waals surface area contributed by atoms with E-state index < -0.39 is 11.8 Å². The lowest BCUT2D eigenvalue weighted by atomic mass is 9.78. The fourth-order valence-electron chi connectivity index (χ4n) is 4.84. The van der Waals surface area contributed by atoms with Gasteiger partial charge in [-0.15, -0.1) is 0 Å². The van der Waals surface area contributed by atoms with Crippen molar-refractivity contribution in [1.82, 2.24) is 0 Å².